The van der Waals surface area contributed by atoms with E-state index < -0.39 is 5.91 Å². The number of benzene rings is 3. The van der Waals surface area contributed by atoms with Gasteiger partial charge < -0.3 is 4.74 Å². The first-order valence-corrected chi connectivity index (χ1v) is 11.0. The molecule has 0 aliphatic carbocycles. The number of nitrogens with one attached hydrogen (secondary N) is 1. The molecular formula is C26H22ClFN4O2. The summed E-state index contributed by atoms with van der Waals surface area (Å²) in [5.41, 5.74) is 6.01. The van der Waals surface area contributed by atoms with E-state index in [1.807, 2.05) is 37.3 Å². The topological polar surface area (TPSA) is 68.5 Å². The van der Waals surface area contributed by atoms with Crippen molar-refractivity contribution in [3.63, 3.8) is 0 Å². The van der Waals surface area contributed by atoms with Crippen LogP contribution in [0, 0.1) is 12.7 Å². The Morgan fingerprint density at radius 3 is 2.53 bits per heavy atom. The van der Waals surface area contributed by atoms with Gasteiger partial charge in [-0.3, -0.25) is 4.79 Å². The number of para-hydroxylation sites is 1. The summed E-state index contributed by atoms with van der Waals surface area (Å²) >= 11 is 6.50. The Morgan fingerprint density at radius 1 is 1.06 bits per heavy atom. The van der Waals surface area contributed by atoms with Crippen molar-refractivity contribution in [1.82, 2.24) is 15.2 Å². The smallest absolute Gasteiger partial charge is 0.275 e. The molecule has 0 saturated heterocycles. The van der Waals surface area contributed by atoms with Crippen molar-refractivity contribution in [3.8, 4) is 5.75 Å². The number of amides is 1. The third-order valence-electron chi connectivity index (χ3n) is 5.08. The molecule has 0 fully saturated rings. The van der Waals surface area contributed by atoms with Gasteiger partial charge in [0.1, 0.15) is 23.3 Å². The number of aryl methyl sites for hydroxylation is 1. The standard InChI is InChI=1S/C26H22ClFN4O2/c1-18-23(25(27)32(31-18)16-19-7-3-2-4-8-19)15-29-30-26(33)22-9-5-6-10-24(22)34-17-20-11-13-21(28)14-12-20/h2-15H,16-17H2,1H3,(H,30,33). The summed E-state index contributed by atoms with van der Waals surface area (Å²) in [4.78, 5) is 12.7. The lowest BCUT2D eigenvalue weighted by Crippen LogP contribution is -2.18. The molecule has 1 aromatic heterocycles. The van der Waals surface area contributed by atoms with Gasteiger partial charge in [-0.15, -0.1) is 0 Å². The van der Waals surface area contributed by atoms with Crippen molar-refractivity contribution in [2.24, 2.45) is 5.10 Å². The van der Waals surface area contributed by atoms with Crippen LogP contribution >= 0.6 is 11.6 Å². The molecule has 6 nitrogen and oxygen atoms in total. The Labute approximate surface area is 201 Å². The maximum absolute atomic E-state index is 13.1. The van der Waals surface area contributed by atoms with Gasteiger partial charge in [0, 0.05) is 0 Å². The van der Waals surface area contributed by atoms with Crippen LogP contribution in [0.3, 0.4) is 0 Å². The minimum absolute atomic E-state index is 0.198. The number of halogens is 2. The molecule has 172 valence electrons. The monoisotopic (exact) mass is 476 g/mol. The molecule has 4 rings (SSSR count). The predicted octanol–water partition coefficient (Wildman–Crippen LogP) is 5.38. The summed E-state index contributed by atoms with van der Waals surface area (Å²) in [5, 5.41) is 8.97. The number of carbonyl (C=O) groups is 1. The van der Waals surface area contributed by atoms with E-state index >= 15 is 0 Å². The van der Waals surface area contributed by atoms with E-state index in [1.54, 1.807) is 41.1 Å². The Kier molecular flexibility index (Phi) is 7.34. The first-order valence-electron chi connectivity index (χ1n) is 10.6. The third kappa shape index (κ3) is 5.68. The van der Waals surface area contributed by atoms with E-state index in [-0.39, 0.29) is 12.4 Å². The Hall–Kier alpha value is -3.97. The van der Waals surface area contributed by atoms with Crippen LogP contribution in [0.4, 0.5) is 4.39 Å². The molecule has 0 bridgehead atoms. The van der Waals surface area contributed by atoms with Crippen molar-refractivity contribution in [3.05, 3.63) is 118 Å². The second-order valence-corrected chi connectivity index (χ2v) is 7.90. The van der Waals surface area contributed by atoms with Crippen LogP contribution in [-0.2, 0) is 13.2 Å². The van der Waals surface area contributed by atoms with Crippen LogP contribution in [-0.4, -0.2) is 21.9 Å². The minimum atomic E-state index is -0.434. The quantitative estimate of drug-likeness (QED) is 0.274. The summed E-state index contributed by atoms with van der Waals surface area (Å²) in [6.07, 6.45) is 1.48. The molecular weight excluding hydrogens is 455 g/mol. The lowest BCUT2D eigenvalue weighted by Gasteiger charge is -2.10. The predicted molar refractivity (Wildman–Crippen MR) is 130 cm³/mol. The van der Waals surface area contributed by atoms with Gasteiger partial charge in [-0.1, -0.05) is 66.2 Å². The molecule has 1 heterocycles. The maximum Gasteiger partial charge on any atom is 0.275 e. The summed E-state index contributed by atoms with van der Waals surface area (Å²) in [6.45, 7) is 2.55. The number of hydrazone groups is 1. The van der Waals surface area contributed by atoms with Crippen molar-refractivity contribution < 1.29 is 13.9 Å². The van der Waals surface area contributed by atoms with Crippen LogP contribution in [0.25, 0.3) is 0 Å². The van der Waals surface area contributed by atoms with Crippen LogP contribution < -0.4 is 10.2 Å². The number of hydrogen-bond donors (Lipinski definition) is 1. The zero-order valence-corrected chi connectivity index (χ0v) is 19.2. The molecule has 1 amide bonds. The fraction of sp³-hybridized carbons (Fsp3) is 0.115. The molecule has 0 unspecified atom stereocenters. The fourth-order valence-electron chi connectivity index (χ4n) is 3.31. The first-order chi connectivity index (χ1) is 16.5. The molecule has 0 saturated carbocycles. The van der Waals surface area contributed by atoms with Crippen LogP contribution in [0.2, 0.25) is 5.15 Å². The van der Waals surface area contributed by atoms with E-state index in [1.165, 1.54) is 18.3 Å². The van der Waals surface area contributed by atoms with Gasteiger partial charge >= 0.3 is 0 Å². The summed E-state index contributed by atoms with van der Waals surface area (Å²) in [5.74, 6) is -0.358. The van der Waals surface area contributed by atoms with Crippen molar-refractivity contribution in [2.45, 2.75) is 20.1 Å². The molecule has 1 N–H and O–H groups in total. The summed E-state index contributed by atoms with van der Waals surface area (Å²) in [6, 6.07) is 22.7. The molecule has 0 radical (unpaired) electrons. The van der Waals surface area contributed by atoms with E-state index in [0.717, 1.165) is 11.1 Å². The average molecular weight is 477 g/mol. The Balaban J connectivity index is 1.42. The van der Waals surface area contributed by atoms with Crippen molar-refractivity contribution >= 4 is 23.7 Å². The molecule has 0 aliphatic rings. The summed E-state index contributed by atoms with van der Waals surface area (Å²) < 4.78 is 20.6. The highest BCUT2D eigenvalue weighted by molar-refractivity contribution is 6.32. The van der Waals surface area contributed by atoms with Crippen LogP contribution in [0.1, 0.15) is 32.7 Å². The second kappa shape index (κ2) is 10.8. The molecule has 8 heteroatoms. The van der Waals surface area contributed by atoms with Crippen LogP contribution in [0.5, 0.6) is 5.75 Å². The lowest BCUT2D eigenvalue weighted by molar-refractivity contribution is 0.0950. The normalized spacial score (nSPS) is 11.0. The summed E-state index contributed by atoms with van der Waals surface area (Å²) in [7, 11) is 0. The highest BCUT2D eigenvalue weighted by atomic mass is 35.5. The SMILES string of the molecule is Cc1nn(Cc2ccccc2)c(Cl)c1C=NNC(=O)c1ccccc1OCc1ccc(F)cc1. The second-order valence-electron chi connectivity index (χ2n) is 7.54. The van der Waals surface area contributed by atoms with E-state index in [2.05, 4.69) is 15.6 Å². The van der Waals surface area contributed by atoms with E-state index in [0.29, 0.717) is 34.3 Å². The van der Waals surface area contributed by atoms with Gasteiger partial charge in [-0.05, 0) is 42.3 Å². The molecule has 0 spiro atoms. The zero-order valence-electron chi connectivity index (χ0n) is 18.4. The Morgan fingerprint density at radius 2 is 1.76 bits per heavy atom. The number of carbonyl (C=O) groups excluding carboxylic acids is 1. The molecule has 4 aromatic rings. The first kappa shape index (κ1) is 23.2. The largest absolute Gasteiger partial charge is 0.488 e. The van der Waals surface area contributed by atoms with Gasteiger partial charge in [0.25, 0.3) is 5.91 Å². The van der Waals surface area contributed by atoms with Crippen molar-refractivity contribution in [2.75, 3.05) is 0 Å². The number of ether oxygens (including phenoxy) is 1. The van der Waals surface area contributed by atoms with Gasteiger partial charge in [0.2, 0.25) is 0 Å². The van der Waals surface area contributed by atoms with Gasteiger partial charge in [-0.25, -0.2) is 14.5 Å². The number of hydrogen-bond acceptors (Lipinski definition) is 4. The van der Waals surface area contributed by atoms with E-state index in [9.17, 15) is 9.18 Å². The average Bonchev–Trinajstić information content (AvgIpc) is 3.11. The van der Waals surface area contributed by atoms with Crippen LogP contribution in [0.15, 0.2) is 84.0 Å². The number of rotatable bonds is 8. The molecule has 3 aromatic carbocycles. The van der Waals surface area contributed by atoms with Gasteiger partial charge in [0.05, 0.1) is 29.6 Å². The highest BCUT2D eigenvalue weighted by Gasteiger charge is 2.14. The molecule has 0 atom stereocenters. The highest BCUT2D eigenvalue weighted by Crippen LogP contribution is 2.21. The fourth-order valence-corrected chi connectivity index (χ4v) is 3.60. The van der Waals surface area contributed by atoms with Gasteiger partial charge in [-0.2, -0.15) is 10.2 Å². The number of aromatic nitrogens is 2. The zero-order chi connectivity index (χ0) is 23.9. The molecule has 0 aliphatic heterocycles. The minimum Gasteiger partial charge on any atom is -0.488 e. The van der Waals surface area contributed by atoms with Gasteiger partial charge in [0.15, 0.2) is 0 Å². The molecule has 34 heavy (non-hydrogen) atoms. The maximum atomic E-state index is 13.1. The third-order valence-corrected chi connectivity index (χ3v) is 5.48. The van der Waals surface area contributed by atoms with Crippen molar-refractivity contribution in [1.29, 1.82) is 0 Å². The number of nitrogens with zero attached hydrogens (tertiary/aromatic N) is 3. The lowest BCUT2D eigenvalue weighted by atomic mass is 10.2. The Bertz CT molecular complexity index is 1300. The van der Waals surface area contributed by atoms with E-state index in [4.69, 9.17) is 16.3 Å².